The van der Waals surface area contributed by atoms with Gasteiger partial charge in [-0.2, -0.15) is 0 Å². The SMILES string of the molecule is CNC(=O)COC(=O)c1ccccc1-c1nc2ccccc2s1. The molecule has 0 spiro atoms. The lowest BCUT2D eigenvalue weighted by Gasteiger charge is -2.07. The third-order valence-corrected chi connectivity index (χ3v) is 4.35. The molecule has 3 rings (SSSR count). The second-order valence-corrected chi connectivity index (χ2v) is 5.81. The van der Waals surface area contributed by atoms with Crippen molar-refractivity contribution in [3.05, 3.63) is 54.1 Å². The first kappa shape index (κ1) is 15.2. The maximum Gasteiger partial charge on any atom is 0.339 e. The summed E-state index contributed by atoms with van der Waals surface area (Å²) in [6.45, 7) is -0.302. The number of para-hydroxylation sites is 1. The summed E-state index contributed by atoms with van der Waals surface area (Å²) in [6, 6.07) is 14.9. The fraction of sp³-hybridized carbons (Fsp3) is 0.118. The number of rotatable bonds is 4. The first-order chi connectivity index (χ1) is 11.2. The minimum atomic E-state index is -0.538. The van der Waals surface area contributed by atoms with Crippen LogP contribution in [0.25, 0.3) is 20.8 Å². The standard InChI is InChI=1S/C17H14N2O3S/c1-18-15(20)10-22-17(21)12-7-3-2-6-11(12)16-19-13-8-4-5-9-14(13)23-16/h2-9H,10H2,1H3,(H,18,20). The van der Waals surface area contributed by atoms with E-state index in [2.05, 4.69) is 10.3 Å². The van der Waals surface area contributed by atoms with Crippen LogP contribution in [0.2, 0.25) is 0 Å². The predicted molar refractivity (Wildman–Crippen MR) is 89.4 cm³/mol. The number of hydrogen-bond acceptors (Lipinski definition) is 5. The van der Waals surface area contributed by atoms with Gasteiger partial charge in [0.1, 0.15) is 5.01 Å². The summed E-state index contributed by atoms with van der Waals surface area (Å²) in [5.41, 5.74) is 1.99. The Bertz CT molecular complexity index is 840. The Morgan fingerprint density at radius 2 is 1.87 bits per heavy atom. The Morgan fingerprint density at radius 1 is 1.13 bits per heavy atom. The lowest BCUT2D eigenvalue weighted by Crippen LogP contribution is -2.25. The van der Waals surface area contributed by atoms with Crippen LogP contribution in [0, 0.1) is 0 Å². The molecule has 23 heavy (non-hydrogen) atoms. The Balaban J connectivity index is 1.94. The number of nitrogens with zero attached hydrogens (tertiary/aromatic N) is 1. The molecule has 0 aliphatic rings. The quantitative estimate of drug-likeness (QED) is 0.749. The van der Waals surface area contributed by atoms with Crippen molar-refractivity contribution in [1.82, 2.24) is 10.3 Å². The molecule has 5 nitrogen and oxygen atoms in total. The molecule has 1 aromatic heterocycles. The van der Waals surface area contributed by atoms with Crippen molar-refractivity contribution >= 4 is 33.4 Å². The average molecular weight is 326 g/mol. The molecule has 6 heteroatoms. The molecule has 1 amide bonds. The summed E-state index contributed by atoms with van der Waals surface area (Å²) in [7, 11) is 1.49. The van der Waals surface area contributed by atoms with Crippen LogP contribution < -0.4 is 5.32 Å². The molecule has 0 aliphatic carbocycles. The van der Waals surface area contributed by atoms with Crippen LogP contribution in [0.4, 0.5) is 0 Å². The van der Waals surface area contributed by atoms with E-state index in [9.17, 15) is 9.59 Å². The van der Waals surface area contributed by atoms with E-state index in [1.54, 1.807) is 12.1 Å². The minimum absolute atomic E-state index is 0.302. The Labute approximate surface area is 136 Å². The summed E-state index contributed by atoms with van der Waals surface area (Å²) in [6.07, 6.45) is 0. The highest BCUT2D eigenvalue weighted by Crippen LogP contribution is 2.32. The zero-order valence-corrected chi connectivity index (χ0v) is 13.2. The minimum Gasteiger partial charge on any atom is -0.452 e. The lowest BCUT2D eigenvalue weighted by atomic mass is 10.1. The summed E-state index contributed by atoms with van der Waals surface area (Å²) >= 11 is 1.51. The highest BCUT2D eigenvalue weighted by Gasteiger charge is 2.17. The van der Waals surface area contributed by atoms with Gasteiger partial charge in [-0.05, 0) is 18.2 Å². The van der Waals surface area contributed by atoms with E-state index in [-0.39, 0.29) is 12.5 Å². The molecule has 2 aromatic carbocycles. The maximum absolute atomic E-state index is 12.2. The number of carbonyl (C=O) groups excluding carboxylic acids is 2. The van der Waals surface area contributed by atoms with Gasteiger partial charge in [-0.3, -0.25) is 4.79 Å². The van der Waals surface area contributed by atoms with E-state index in [0.29, 0.717) is 11.1 Å². The van der Waals surface area contributed by atoms with Crippen LogP contribution in [-0.2, 0) is 9.53 Å². The van der Waals surface area contributed by atoms with Crippen LogP contribution in [0.1, 0.15) is 10.4 Å². The van der Waals surface area contributed by atoms with Crippen LogP contribution in [0.5, 0.6) is 0 Å². The molecule has 3 aromatic rings. The first-order valence-electron chi connectivity index (χ1n) is 7.01. The van der Waals surface area contributed by atoms with Crippen molar-refractivity contribution in [2.45, 2.75) is 0 Å². The average Bonchev–Trinajstić information content (AvgIpc) is 3.03. The number of fused-ring (bicyclic) bond motifs is 1. The van der Waals surface area contributed by atoms with Gasteiger partial charge in [-0.1, -0.05) is 30.3 Å². The van der Waals surface area contributed by atoms with Crippen LogP contribution >= 0.6 is 11.3 Å². The number of benzene rings is 2. The van der Waals surface area contributed by atoms with Gasteiger partial charge in [0.15, 0.2) is 6.61 Å². The molecular weight excluding hydrogens is 312 g/mol. The number of ether oxygens (including phenoxy) is 1. The second kappa shape index (κ2) is 6.58. The molecule has 0 saturated carbocycles. The van der Waals surface area contributed by atoms with Crippen molar-refractivity contribution < 1.29 is 14.3 Å². The van der Waals surface area contributed by atoms with Crippen molar-refractivity contribution in [3.8, 4) is 10.6 Å². The summed E-state index contributed by atoms with van der Waals surface area (Å²) in [4.78, 5) is 28.0. The number of hydrogen-bond donors (Lipinski definition) is 1. The number of aromatic nitrogens is 1. The Kier molecular flexibility index (Phi) is 4.34. The topological polar surface area (TPSA) is 68.3 Å². The number of thiazole rings is 1. The second-order valence-electron chi connectivity index (χ2n) is 4.78. The summed E-state index contributed by atoms with van der Waals surface area (Å²) in [5.74, 6) is -0.890. The van der Waals surface area contributed by atoms with E-state index in [4.69, 9.17) is 4.74 Å². The molecule has 1 N–H and O–H groups in total. The smallest absolute Gasteiger partial charge is 0.339 e. The van der Waals surface area contributed by atoms with E-state index in [0.717, 1.165) is 15.2 Å². The highest BCUT2D eigenvalue weighted by atomic mass is 32.1. The molecule has 1 heterocycles. The molecule has 0 radical (unpaired) electrons. The van der Waals surface area contributed by atoms with Crippen molar-refractivity contribution in [1.29, 1.82) is 0 Å². The fourth-order valence-corrected chi connectivity index (χ4v) is 3.12. The van der Waals surface area contributed by atoms with Crippen molar-refractivity contribution in [2.24, 2.45) is 0 Å². The lowest BCUT2D eigenvalue weighted by molar-refractivity contribution is -0.123. The van der Waals surface area contributed by atoms with Gasteiger partial charge >= 0.3 is 5.97 Å². The molecule has 116 valence electrons. The number of likely N-dealkylation sites (N-methyl/N-ethyl adjacent to an activating group) is 1. The monoisotopic (exact) mass is 326 g/mol. The van der Waals surface area contributed by atoms with Crippen LogP contribution in [0.15, 0.2) is 48.5 Å². The molecule has 0 unspecified atom stereocenters. The number of amides is 1. The number of nitrogens with one attached hydrogen (secondary N) is 1. The highest BCUT2D eigenvalue weighted by molar-refractivity contribution is 7.21. The van der Waals surface area contributed by atoms with E-state index >= 15 is 0 Å². The largest absolute Gasteiger partial charge is 0.452 e. The van der Waals surface area contributed by atoms with Gasteiger partial charge in [0, 0.05) is 12.6 Å². The molecule has 0 aliphatic heterocycles. The van der Waals surface area contributed by atoms with Gasteiger partial charge in [-0.15, -0.1) is 11.3 Å². The predicted octanol–water partition coefficient (Wildman–Crippen LogP) is 2.87. The zero-order valence-electron chi connectivity index (χ0n) is 12.4. The van der Waals surface area contributed by atoms with Crippen LogP contribution in [0.3, 0.4) is 0 Å². The number of carbonyl (C=O) groups is 2. The van der Waals surface area contributed by atoms with Crippen LogP contribution in [-0.4, -0.2) is 30.5 Å². The van der Waals surface area contributed by atoms with Gasteiger partial charge in [-0.25, -0.2) is 9.78 Å². The van der Waals surface area contributed by atoms with Crippen molar-refractivity contribution in [2.75, 3.05) is 13.7 Å². The van der Waals surface area contributed by atoms with E-state index in [1.807, 2.05) is 36.4 Å². The summed E-state index contributed by atoms with van der Waals surface area (Å²) < 4.78 is 6.09. The van der Waals surface area contributed by atoms with Crippen molar-refractivity contribution in [3.63, 3.8) is 0 Å². The fourth-order valence-electron chi connectivity index (χ4n) is 2.12. The Hall–Kier alpha value is -2.73. The van der Waals surface area contributed by atoms with Gasteiger partial charge < -0.3 is 10.1 Å². The van der Waals surface area contributed by atoms with E-state index < -0.39 is 5.97 Å². The normalized spacial score (nSPS) is 10.5. The van der Waals surface area contributed by atoms with Gasteiger partial charge in [0.2, 0.25) is 0 Å². The molecule has 0 atom stereocenters. The first-order valence-corrected chi connectivity index (χ1v) is 7.83. The molecule has 0 saturated heterocycles. The molecular formula is C17H14N2O3S. The van der Waals surface area contributed by atoms with E-state index in [1.165, 1.54) is 18.4 Å². The third kappa shape index (κ3) is 3.22. The Morgan fingerprint density at radius 3 is 2.65 bits per heavy atom. The summed E-state index contributed by atoms with van der Waals surface area (Å²) in [5, 5.41) is 3.16. The van der Waals surface area contributed by atoms with Gasteiger partial charge in [0.25, 0.3) is 5.91 Å². The number of esters is 1. The molecule has 0 bridgehead atoms. The maximum atomic E-state index is 12.2. The molecule has 0 fully saturated rings. The third-order valence-electron chi connectivity index (χ3n) is 3.28. The van der Waals surface area contributed by atoms with Gasteiger partial charge in [0.05, 0.1) is 15.8 Å². The zero-order chi connectivity index (χ0) is 16.2.